The summed E-state index contributed by atoms with van der Waals surface area (Å²) in [5, 5.41) is 3.12. The SMILES string of the molecule is O=C1CCC2CCCCCC2N1. The molecule has 1 N–H and O–H groups in total. The fourth-order valence-corrected chi connectivity index (χ4v) is 2.52. The fraction of sp³-hybridized carbons (Fsp3) is 0.900. The van der Waals surface area contributed by atoms with E-state index in [0.29, 0.717) is 6.04 Å². The van der Waals surface area contributed by atoms with Crippen molar-refractivity contribution in [1.29, 1.82) is 0 Å². The van der Waals surface area contributed by atoms with Crippen molar-refractivity contribution < 1.29 is 4.79 Å². The van der Waals surface area contributed by atoms with Gasteiger partial charge < -0.3 is 5.32 Å². The van der Waals surface area contributed by atoms with Crippen LogP contribution in [0, 0.1) is 5.92 Å². The van der Waals surface area contributed by atoms with Gasteiger partial charge in [-0.3, -0.25) is 4.79 Å². The maximum atomic E-state index is 11.1. The molecule has 0 aromatic heterocycles. The summed E-state index contributed by atoms with van der Waals surface area (Å²) in [6, 6.07) is 0.522. The van der Waals surface area contributed by atoms with Crippen molar-refractivity contribution in [2.75, 3.05) is 0 Å². The van der Waals surface area contributed by atoms with Gasteiger partial charge in [-0.2, -0.15) is 0 Å². The van der Waals surface area contributed by atoms with Gasteiger partial charge in [0.1, 0.15) is 0 Å². The third-order valence-corrected chi connectivity index (χ3v) is 3.25. The summed E-state index contributed by atoms with van der Waals surface area (Å²) in [6.07, 6.45) is 8.50. The van der Waals surface area contributed by atoms with E-state index in [2.05, 4.69) is 5.32 Å². The first kappa shape index (κ1) is 8.09. The second-order valence-electron chi connectivity index (χ2n) is 4.11. The molecule has 68 valence electrons. The first-order valence-corrected chi connectivity index (χ1v) is 5.15. The molecule has 1 heterocycles. The van der Waals surface area contributed by atoms with Crippen LogP contribution in [0.1, 0.15) is 44.9 Å². The Morgan fingerprint density at radius 3 is 2.83 bits per heavy atom. The van der Waals surface area contributed by atoms with Crippen LogP contribution in [0.15, 0.2) is 0 Å². The van der Waals surface area contributed by atoms with Crippen LogP contribution in [0.5, 0.6) is 0 Å². The van der Waals surface area contributed by atoms with Crippen molar-refractivity contribution in [3.63, 3.8) is 0 Å². The molecular formula is C10H17NO. The quantitative estimate of drug-likeness (QED) is 0.586. The topological polar surface area (TPSA) is 29.1 Å². The molecule has 2 fully saturated rings. The van der Waals surface area contributed by atoms with E-state index in [-0.39, 0.29) is 5.91 Å². The summed E-state index contributed by atoms with van der Waals surface area (Å²) in [5.74, 6) is 1.07. The lowest BCUT2D eigenvalue weighted by atomic mass is 9.87. The minimum atomic E-state index is 0.276. The van der Waals surface area contributed by atoms with E-state index in [4.69, 9.17) is 0 Å². The van der Waals surface area contributed by atoms with Gasteiger partial charge in [0.15, 0.2) is 0 Å². The van der Waals surface area contributed by atoms with Crippen LogP contribution in [0.2, 0.25) is 0 Å². The molecule has 1 aliphatic carbocycles. The number of rotatable bonds is 0. The van der Waals surface area contributed by atoms with Crippen molar-refractivity contribution >= 4 is 5.91 Å². The molecule has 1 amide bonds. The molecule has 1 aliphatic heterocycles. The monoisotopic (exact) mass is 167 g/mol. The Labute approximate surface area is 73.7 Å². The number of carbonyl (C=O) groups is 1. The van der Waals surface area contributed by atoms with Gasteiger partial charge in [0.05, 0.1) is 0 Å². The first-order chi connectivity index (χ1) is 5.86. The van der Waals surface area contributed by atoms with Gasteiger partial charge in [-0.05, 0) is 25.2 Å². The van der Waals surface area contributed by atoms with E-state index in [0.717, 1.165) is 18.8 Å². The minimum Gasteiger partial charge on any atom is -0.353 e. The average molecular weight is 167 g/mol. The highest BCUT2D eigenvalue weighted by Gasteiger charge is 2.28. The van der Waals surface area contributed by atoms with E-state index < -0.39 is 0 Å². The van der Waals surface area contributed by atoms with Crippen molar-refractivity contribution in [2.24, 2.45) is 5.92 Å². The average Bonchev–Trinajstić information content (AvgIpc) is 2.28. The number of nitrogens with one attached hydrogen (secondary N) is 1. The van der Waals surface area contributed by atoms with E-state index in [1.807, 2.05) is 0 Å². The second-order valence-corrected chi connectivity index (χ2v) is 4.11. The minimum absolute atomic E-state index is 0.276. The summed E-state index contributed by atoms with van der Waals surface area (Å²) < 4.78 is 0. The Balaban J connectivity index is 1.99. The largest absolute Gasteiger partial charge is 0.353 e. The zero-order chi connectivity index (χ0) is 8.39. The predicted molar refractivity (Wildman–Crippen MR) is 47.7 cm³/mol. The summed E-state index contributed by atoms with van der Waals surface area (Å²) in [4.78, 5) is 11.1. The maximum absolute atomic E-state index is 11.1. The lowest BCUT2D eigenvalue weighted by Crippen LogP contribution is -2.44. The van der Waals surface area contributed by atoms with Crippen LogP contribution in [-0.4, -0.2) is 11.9 Å². The van der Waals surface area contributed by atoms with Gasteiger partial charge in [0.25, 0.3) is 0 Å². The Kier molecular flexibility index (Phi) is 2.33. The normalized spacial score (nSPS) is 36.5. The van der Waals surface area contributed by atoms with Gasteiger partial charge in [0.2, 0.25) is 5.91 Å². The smallest absolute Gasteiger partial charge is 0.220 e. The zero-order valence-corrected chi connectivity index (χ0v) is 7.51. The molecule has 1 saturated carbocycles. The van der Waals surface area contributed by atoms with Crippen LogP contribution in [0.4, 0.5) is 0 Å². The molecular weight excluding hydrogens is 150 g/mol. The van der Waals surface area contributed by atoms with Gasteiger partial charge in [-0.15, -0.1) is 0 Å². The lowest BCUT2D eigenvalue weighted by molar-refractivity contribution is -0.124. The van der Waals surface area contributed by atoms with Gasteiger partial charge in [-0.25, -0.2) is 0 Å². The van der Waals surface area contributed by atoms with Crippen LogP contribution in [0.25, 0.3) is 0 Å². The molecule has 2 unspecified atom stereocenters. The molecule has 0 aromatic carbocycles. The lowest BCUT2D eigenvalue weighted by Gasteiger charge is -2.30. The van der Waals surface area contributed by atoms with Gasteiger partial charge >= 0.3 is 0 Å². The number of piperidine rings is 1. The molecule has 12 heavy (non-hydrogen) atoms. The zero-order valence-electron chi connectivity index (χ0n) is 7.51. The number of fused-ring (bicyclic) bond motifs is 1. The molecule has 2 nitrogen and oxygen atoms in total. The first-order valence-electron chi connectivity index (χ1n) is 5.15. The van der Waals surface area contributed by atoms with E-state index in [9.17, 15) is 4.79 Å². The summed E-state index contributed by atoms with van der Waals surface area (Å²) >= 11 is 0. The molecule has 2 atom stereocenters. The molecule has 0 spiro atoms. The summed E-state index contributed by atoms with van der Waals surface area (Å²) in [6.45, 7) is 0. The number of hydrogen-bond donors (Lipinski definition) is 1. The Morgan fingerprint density at radius 2 is 1.92 bits per heavy atom. The third kappa shape index (κ3) is 1.62. The highest BCUT2D eigenvalue weighted by molar-refractivity contribution is 5.77. The number of amides is 1. The molecule has 0 aromatic rings. The number of carbonyl (C=O) groups excluding carboxylic acids is 1. The molecule has 0 radical (unpaired) electrons. The Bertz CT molecular complexity index is 179. The van der Waals surface area contributed by atoms with Crippen molar-refractivity contribution in [2.45, 2.75) is 51.0 Å². The van der Waals surface area contributed by atoms with Gasteiger partial charge in [-0.1, -0.05) is 19.3 Å². The molecule has 2 aliphatic rings. The fourth-order valence-electron chi connectivity index (χ4n) is 2.52. The van der Waals surface area contributed by atoms with Crippen LogP contribution in [0.3, 0.4) is 0 Å². The van der Waals surface area contributed by atoms with Crippen molar-refractivity contribution in [1.82, 2.24) is 5.32 Å². The van der Waals surface area contributed by atoms with Crippen molar-refractivity contribution in [3.8, 4) is 0 Å². The van der Waals surface area contributed by atoms with Crippen LogP contribution >= 0.6 is 0 Å². The molecule has 2 heteroatoms. The van der Waals surface area contributed by atoms with E-state index in [1.165, 1.54) is 32.1 Å². The highest BCUT2D eigenvalue weighted by Crippen LogP contribution is 2.29. The maximum Gasteiger partial charge on any atom is 0.220 e. The van der Waals surface area contributed by atoms with E-state index in [1.54, 1.807) is 0 Å². The summed E-state index contributed by atoms with van der Waals surface area (Å²) in [7, 11) is 0. The Morgan fingerprint density at radius 1 is 1.08 bits per heavy atom. The number of hydrogen-bond acceptors (Lipinski definition) is 1. The van der Waals surface area contributed by atoms with Crippen LogP contribution < -0.4 is 5.32 Å². The van der Waals surface area contributed by atoms with E-state index >= 15 is 0 Å². The molecule has 0 bridgehead atoms. The predicted octanol–water partition coefficient (Wildman–Crippen LogP) is 1.85. The standard InChI is InChI=1S/C10H17NO/c12-10-7-6-8-4-2-1-3-5-9(8)11-10/h8-9H,1-7H2,(H,11,12). The molecule has 2 rings (SSSR count). The third-order valence-electron chi connectivity index (χ3n) is 3.25. The second kappa shape index (κ2) is 3.46. The summed E-state index contributed by atoms with van der Waals surface area (Å²) in [5.41, 5.74) is 0. The highest BCUT2D eigenvalue weighted by atomic mass is 16.1. The van der Waals surface area contributed by atoms with Crippen molar-refractivity contribution in [3.05, 3.63) is 0 Å². The van der Waals surface area contributed by atoms with Crippen LogP contribution in [-0.2, 0) is 4.79 Å². The molecule has 1 saturated heterocycles. The Hall–Kier alpha value is -0.530. The van der Waals surface area contributed by atoms with Gasteiger partial charge in [0, 0.05) is 12.5 Å².